The molecule has 122 valence electrons. The monoisotopic (exact) mass is 340 g/mol. The number of aromatic nitrogens is 3. The van der Waals surface area contributed by atoms with Gasteiger partial charge in [-0.05, 0) is 37.0 Å². The molecule has 7 heteroatoms. The van der Waals surface area contributed by atoms with Crippen LogP contribution in [0.4, 0.5) is 5.69 Å². The number of nitrogens with one attached hydrogen (secondary N) is 2. The maximum atomic E-state index is 12.4. The van der Waals surface area contributed by atoms with Gasteiger partial charge in [-0.2, -0.15) is 0 Å². The van der Waals surface area contributed by atoms with Gasteiger partial charge in [-0.25, -0.2) is 4.98 Å². The van der Waals surface area contributed by atoms with Crippen molar-refractivity contribution in [3.63, 3.8) is 0 Å². The Balaban J connectivity index is 1.49. The number of hydrogen-bond acceptors (Lipinski definition) is 5. The molecule has 0 fully saturated rings. The first-order valence-electron chi connectivity index (χ1n) is 7.94. The van der Waals surface area contributed by atoms with Crippen LogP contribution in [-0.4, -0.2) is 20.9 Å². The van der Waals surface area contributed by atoms with Gasteiger partial charge in [0.15, 0.2) is 0 Å². The number of thiophene rings is 1. The van der Waals surface area contributed by atoms with Gasteiger partial charge in [0.2, 0.25) is 5.91 Å². The standard InChI is InChI=1S/C17H16N4O2S/c22-14(19-10-6-8-18-9-7-10)5-4-13-20-16(23)15-11-2-1-3-12(11)24-17(15)21-13/h6-9H,1-5H2,(H,18,19,22)(H,20,21,23). The van der Waals surface area contributed by atoms with E-state index < -0.39 is 0 Å². The van der Waals surface area contributed by atoms with Crippen molar-refractivity contribution in [1.29, 1.82) is 0 Å². The SMILES string of the molecule is O=C(CCc1nc2sc3c(c2c(=O)[nH]1)CCC3)Nc1ccncc1. The molecular formula is C17H16N4O2S. The highest BCUT2D eigenvalue weighted by molar-refractivity contribution is 7.18. The van der Waals surface area contributed by atoms with Gasteiger partial charge in [-0.1, -0.05) is 0 Å². The van der Waals surface area contributed by atoms with Crippen LogP contribution in [0.15, 0.2) is 29.3 Å². The first-order chi connectivity index (χ1) is 11.7. The molecule has 0 unspecified atom stereocenters. The van der Waals surface area contributed by atoms with Crippen LogP contribution >= 0.6 is 11.3 Å². The minimum atomic E-state index is -0.113. The normalized spacial score (nSPS) is 13.2. The van der Waals surface area contributed by atoms with Crippen LogP contribution in [0.2, 0.25) is 0 Å². The van der Waals surface area contributed by atoms with E-state index in [4.69, 9.17) is 0 Å². The maximum Gasteiger partial charge on any atom is 0.259 e. The van der Waals surface area contributed by atoms with Crippen LogP contribution in [0, 0.1) is 0 Å². The summed E-state index contributed by atoms with van der Waals surface area (Å²) in [5.41, 5.74) is 1.80. The van der Waals surface area contributed by atoms with E-state index in [-0.39, 0.29) is 17.9 Å². The summed E-state index contributed by atoms with van der Waals surface area (Å²) < 4.78 is 0. The number of hydrogen-bond donors (Lipinski definition) is 2. The smallest absolute Gasteiger partial charge is 0.259 e. The van der Waals surface area contributed by atoms with Gasteiger partial charge < -0.3 is 10.3 Å². The number of aryl methyl sites for hydroxylation is 3. The summed E-state index contributed by atoms with van der Waals surface area (Å²) in [4.78, 5) is 37.7. The maximum absolute atomic E-state index is 12.4. The second-order valence-corrected chi connectivity index (χ2v) is 6.92. The van der Waals surface area contributed by atoms with Gasteiger partial charge in [0.25, 0.3) is 5.56 Å². The van der Waals surface area contributed by atoms with Crippen molar-refractivity contribution in [2.24, 2.45) is 0 Å². The molecule has 0 bridgehead atoms. The Bertz CT molecular complexity index is 962. The molecule has 1 amide bonds. The summed E-state index contributed by atoms with van der Waals surface area (Å²) in [7, 11) is 0. The summed E-state index contributed by atoms with van der Waals surface area (Å²) in [6, 6.07) is 3.47. The molecule has 3 aromatic heterocycles. The number of aromatic amines is 1. The average molecular weight is 340 g/mol. The van der Waals surface area contributed by atoms with Gasteiger partial charge in [-0.3, -0.25) is 14.6 Å². The Morgan fingerprint density at radius 3 is 2.96 bits per heavy atom. The summed E-state index contributed by atoms with van der Waals surface area (Å²) >= 11 is 1.61. The van der Waals surface area contributed by atoms with Crippen LogP contribution in [0.5, 0.6) is 0 Å². The minimum absolute atomic E-state index is 0.0797. The Labute approximate surface area is 142 Å². The molecule has 0 radical (unpaired) electrons. The number of fused-ring (bicyclic) bond motifs is 3. The van der Waals surface area contributed by atoms with E-state index in [1.165, 1.54) is 10.4 Å². The summed E-state index contributed by atoms with van der Waals surface area (Å²) in [6.07, 6.45) is 7.05. The molecule has 6 nitrogen and oxygen atoms in total. The minimum Gasteiger partial charge on any atom is -0.326 e. The van der Waals surface area contributed by atoms with E-state index >= 15 is 0 Å². The molecule has 3 heterocycles. The number of rotatable bonds is 4. The largest absolute Gasteiger partial charge is 0.326 e. The third-order valence-corrected chi connectivity index (χ3v) is 5.36. The third-order valence-electron chi connectivity index (χ3n) is 4.18. The molecule has 3 aromatic rings. The molecule has 0 spiro atoms. The molecule has 0 aromatic carbocycles. The molecule has 1 aliphatic rings. The quantitative estimate of drug-likeness (QED) is 0.763. The highest BCUT2D eigenvalue weighted by Crippen LogP contribution is 2.34. The van der Waals surface area contributed by atoms with Crippen LogP contribution in [-0.2, 0) is 24.1 Å². The van der Waals surface area contributed by atoms with E-state index in [1.807, 2.05) is 0 Å². The van der Waals surface area contributed by atoms with E-state index in [0.29, 0.717) is 17.9 Å². The lowest BCUT2D eigenvalue weighted by Gasteiger charge is -2.04. The number of nitrogens with zero attached hydrogens (tertiary/aromatic N) is 2. The highest BCUT2D eigenvalue weighted by atomic mass is 32.1. The number of carbonyl (C=O) groups is 1. The zero-order chi connectivity index (χ0) is 16.5. The highest BCUT2D eigenvalue weighted by Gasteiger charge is 2.21. The lowest BCUT2D eigenvalue weighted by Crippen LogP contribution is -2.16. The van der Waals surface area contributed by atoms with Gasteiger partial charge >= 0.3 is 0 Å². The van der Waals surface area contributed by atoms with Crippen molar-refractivity contribution in [1.82, 2.24) is 15.0 Å². The van der Waals surface area contributed by atoms with Crippen LogP contribution < -0.4 is 10.9 Å². The van der Waals surface area contributed by atoms with E-state index in [9.17, 15) is 9.59 Å². The van der Waals surface area contributed by atoms with Gasteiger partial charge in [0.05, 0.1) is 5.39 Å². The molecule has 0 aliphatic heterocycles. The van der Waals surface area contributed by atoms with Gasteiger partial charge in [-0.15, -0.1) is 11.3 Å². The van der Waals surface area contributed by atoms with E-state index in [2.05, 4.69) is 20.3 Å². The molecular weight excluding hydrogens is 324 g/mol. The molecule has 1 aliphatic carbocycles. The van der Waals surface area contributed by atoms with E-state index in [1.54, 1.807) is 35.9 Å². The number of amides is 1. The van der Waals surface area contributed by atoms with Crippen molar-refractivity contribution >= 4 is 33.1 Å². The lowest BCUT2D eigenvalue weighted by atomic mass is 10.2. The molecule has 0 atom stereocenters. The first kappa shape index (κ1) is 15.0. The number of pyridine rings is 1. The predicted octanol–water partition coefficient (Wildman–Crippen LogP) is 2.44. The van der Waals surface area contributed by atoms with Gasteiger partial charge in [0, 0.05) is 35.8 Å². The number of carbonyl (C=O) groups excluding carboxylic acids is 1. The number of anilines is 1. The van der Waals surface area contributed by atoms with Crippen LogP contribution in [0.3, 0.4) is 0 Å². The molecule has 2 N–H and O–H groups in total. The second-order valence-electron chi connectivity index (χ2n) is 5.83. The molecule has 0 saturated carbocycles. The van der Waals surface area contributed by atoms with Gasteiger partial charge in [0.1, 0.15) is 10.7 Å². The summed E-state index contributed by atoms with van der Waals surface area (Å²) in [5.74, 6) is 0.454. The lowest BCUT2D eigenvalue weighted by molar-refractivity contribution is -0.116. The molecule has 24 heavy (non-hydrogen) atoms. The summed E-state index contributed by atoms with van der Waals surface area (Å²) in [5, 5.41) is 3.55. The Hall–Kier alpha value is -2.54. The predicted molar refractivity (Wildman–Crippen MR) is 93.5 cm³/mol. The van der Waals surface area contributed by atoms with Crippen LogP contribution in [0.25, 0.3) is 10.2 Å². The first-order valence-corrected chi connectivity index (χ1v) is 8.75. The average Bonchev–Trinajstić information content (AvgIpc) is 3.14. The fraction of sp³-hybridized carbons (Fsp3) is 0.294. The van der Waals surface area contributed by atoms with Crippen molar-refractivity contribution in [3.8, 4) is 0 Å². The molecule has 0 saturated heterocycles. The number of H-pyrrole nitrogens is 1. The zero-order valence-electron chi connectivity index (χ0n) is 13.0. The van der Waals surface area contributed by atoms with Crippen molar-refractivity contribution < 1.29 is 4.79 Å². The third kappa shape index (κ3) is 2.82. The Morgan fingerprint density at radius 2 is 2.12 bits per heavy atom. The Morgan fingerprint density at radius 1 is 1.29 bits per heavy atom. The fourth-order valence-electron chi connectivity index (χ4n) is 3.06. The second kappa shape index (κ2) is 6.16. The van der Waals surface area contributed by atoms with Crippen molar-refractivity contribution in [3.05, 3.63) is 51.1 Å². The zero-order valence-corrected chi connectivity index (χ0v) is 13.8. The molecule has 4 rings (SSSR count). The summed E-state index contributed by atoms with van der Waals surface area (Å²) in [6.45, 7) is 0. The topological polar surface area (TPSA) is 87.7 Å². The van der Waals surface area contributed by atoms with Crippen LogP contribution in [0.1, 0.15) is 29.1 Å². The Kier molecular flexibility index (Phi) is 3.86. The van der Waals surface area contributed by atoms with Crippen molar-refractivity contribution in [2.45, 2.75) is 32.1 Å². The fourth-order valence-corrected chi connectivity index (χ4v) is 4.34. The van der Waals surface area contributed by atoms with Crippen molar-refractivity contribution in [2.75, 3.05) is 5.32 Å². The van der Waals surface area contributed by atoms with E-state index in [0.717, 1.165) is 29.5 Å².